The molecule has 0 fully saturated rings. The summed E-state index contributed by atoms with van der Waals surface area (Å²) in [6.45, 7) is 1.51. The molecule has 3 rings (SSSR count). The standard InChI is InChI=1S/C19H19N5O4/c1-10(18(27)28)8-14(25)12-5-2-11(3-6-12)4-7-13-9-21-16-15(22-13)17(26)24-19(20)23-16/h2-3,5-6,9-10H,4,7-8H2,1H3,(H,27,28)(H3,20,21,23,24,26)/t10-/m0/s1. The number of nitrogen functional groups attached to an aromatic ring is 1. The van der Waals surface area contributed by atoms with Gasteiger partial charge in [-0.05, 0) is 18.4 Å². The molecule has 0 radical (unpaired) electrons. The number of H-pyrrole nitrogens is 1. The molecule has 0 amide bonds. The predicted molar refractivity (Wildman–Crippen MR) is 102 cm³/mol. The van der Waals surface area contributed by atoms with E-state index >= 15 is 0 Å². The maximum absolute atomic E-state index is 12.1. The Balaban J connectivity index is 1.66. The lowest BCUT2D eigenvalue weighted by atomic mass is 9.98. The number of nitrogens with two attached hydrogens (primary N) is 1. The van der Waals surface area contributed by atoms with Gasteiger partial charge in [-0.25, -0.2) is 9.97 Å². The SMILES string of the molecule is C[C@@H](CC(=O)c1ccc(CCc2cnc3nc(N)[nH]c(=O)c3n2)cc1)C(=O)O. The molecule has 0 aliphatic carbocycles. The van der Waals surface area contributed by atoms with Gasteiger partial charge in [-0.15, -0.1) is 0 Å². The van der Waals surface area contributed by atoms with E-state index in [-0.39, 0.29) is 29.3 Å². The summed E-state index contributed by atoms with van der Waals surface area (Å²) in [7, 11) is 0. The van der Waals surface area contributed by atoms with Crippen LogP contribution < -0.4 is 11.3 Å². The third kappa shape index (κ3) is 4.37. The first-order chi connectivity index (χ1) is 13.3. The lowest BCUT2D eigenvalue weighted by Gasteiger charge is -2.07. The Bertz CT molecular complexity index is 1090. The summed E-state index contributed by atoms with van der Waals surface area (Å²) in [5.41, 5.74) is 7.49. The molecule has 1 aromatic carbocycles. The Kier molecular flexibility index (Phi) is 5.44. The van der Waals surface area contributed by atoms with Gasteiger partial charge in [0.05, 0.1) is 17.8 Å². The van der Waals surface area contributed by atoms with Crippen LogP contribution in [0.5, 0.6) is 0 Å². The van der Waals surface area contributed by atoms with E-state index in [1.54, 1.807) is 18.3 Å². The average Bonchev–Trinajstić information content (AvgIpc) is 2.66. The van der Waals surface area contributed by atoms with Crippen LogP contribution in [0.3, 0.4) is 0 Å². The zero-order valence-electron chi connectivity index (χ0n) is 15.2. The molecule has 0 saturated carbocycles. The van der Waals surface area contributed by atoms with Crippen LogP contribution in [0.25, 0.3) is 11.2 Å². The zero-order valence-corrected chi connectivity index (χ0v) is 15.2. The number of aliphatic carboxylic acids is 1. The number of nitrogens with zero attached hydrogens (tertiary/aromatic N) is 3. The number of fused-ring (bicyclic) bond motifs is 1. The van der Waals surface area contributed by atoms with E-state index in [0.29, 0.717) is 24.1 Å². The van der Waals surface area contributed by atoms with E-state index in [1.165, 1.54) is 6.92 Å². The van der Waals surface area contributed by atoms with Crippen LogP contribution >= 0.6 is 0 Å². The molecule has 1 atom stereocenters. The van der Waals surface area contributed by atoms with Crippen molar-refractivity contribution in [3.63, 3.8) is 0 Å². The highest BCUT2D eigenvalue weighted by molar-refractivity contribution is 5.97. The minimum Gasteiger partial charge on any atom is -0.481 e. The molecule has 3 aromatic rings. The summed E-state index contributed by atoms with van der Waals surface area (Å²) < 4.78 is 0. The molecule has 0 aliphatic heterocycles. The highest BCUT2D eigenvalue weighted by Crippen LogP contribution is 2.13. The number of carboxylic acids is 1. The minimum absolute atomic E-state index is 0.00747. The van der Waals surface area contributed by atoms with E-state index in [0.717, 1.165) is 5.56 Å². The number of Topliss-reactive ketones (excluding diaryl/α,β-unsaturated/α-hetero) is 1. The Morgan fingerprint density at radius 1 is 1.18 bits per heavy atom. The van der Waals surface area contributed by atoms with Gasteiger partial charge in [0.2, 0.25) is 5.95 Å². The lowest BCUT2D eigenvalue weighted by molar-refractivity contribution is -0.141. The van der Waals surface area contributed by atoms with Gasteiger partial charge in [0, 0.05) is 12.0 Å². The number of hydrogen-bond acceptors (Lipinski definition) is 7. The van der Waals surface area contributed by atoms with Crippen molar-refractivity contribution in [2.24, 2.45) is 5.92 Å². The Labute approximate surface area is 159 Å². The van der Waals surface area contributed by atoms with Crippen molar-refractivity contribution < 1.29 is 14.7 Å². The monoisotopic (exact) mass is 381 g/mol. The Hall–Kier alpha value is -3.62. The Morgan fingerprint density at radius 2 is 1.89 bits per heavy atom. The largest absolute Gasteiger partial charge is 0.481 e. The Morgan fingerprint density at radius 3 is 2.57 bits per heavy atom. The highest BCUT2D eigenvalue weighted by Gasteiger charge is 2.17. The van der Waals surface area contributed by atoms with Crippen molar-refractivity contribution in [3.8, 4) is 0 Å². The highest BCUT2D eigenvalue weighted by atomic mass is 16.4. The molecular weight excluding hydrogens is 362 g/mol. The van der Waals surface area contributed by atoms with E-state index in [4.69, 9.17) is 10.8 Å². The molecule has 0 spiro atoms. The average molecular weight is 381 g/mol. The molecule has 28 heavy (non-hydrogen) atoms. The quantitative estimate of drug-likeness (QED) is 0.519. The number of carbonyl (C=O) groups excluding carboxylic acids is 1. The number of aromatic amines is 1. The van der Waals surface area contributed by atoms with Crippen molar-refractivity contribution in [1.82, 2.24) is 19.9 Å². The maximum Gasteiger partial charge on any atom is 0.306 e. The van der Waals surface area contributed by atoms with Crippen LogP contribution in [0.4, 0.5) is 5.95 Å². The number of nitrogens with one attached hydrogen (secondary N) is 1. The number of rotatable bonds is 7. The van der Waals surface area contributed by atoms with E-state index in [2.05, 4.69) is 19.9 Å². The second kappa shape index (κ2) is 7.95. The van der Waals surface area contributed by atoms with E-state index in [1.807, 2.05) is 12.1 Å². The molecule has 2 aromatic heterocycles. The molecular formula is C19H19N5O4. The summed E-state index contributed by atoms with van der Waals surface area (Å²) in [6, 6.07) is 7.02. The first-order valence-electron chi connectivity index (χ1n) is 8.70. The number of ketones is 1. The van der Waals surface area contributed by atoms with Gasteiger partial charge < -0.3 is 10.8 Å². The normalized spacial score (nSPS) is 12.0. The van der Waals surface area contributed by atoms with Gasteiger partial charge in [0.25, 0.3) is 5.56 Å². The maximum atomic E-state index is 12.1. The van der Waals surface area contributed by atoms with Gasteiger partial charge >= 0.3 is 5.97 Å². The third-order valence-corrected chi connectivity index (χ3v) is 4.34. The van der Waals surface area contributed by atoms with Gasteiger partial charge in [0.1, 0.15) is 0 Å². The fraction of sp³-hybridized carbons (Fsp3) is 0.263. The van der Waals surface area contributed by atoms with Crippen LogP contribution in [0.2, 0.25) is 0 Å². The predicted octanol–water partition coefficient (Wildman–Crippen LogP) is 1.37. The molecule has 0 unspecified atom stereocenters. The van der Waals surface area contributed by atoms with Crippen molar-refractivity contribution in [3.05, 3.63) is 57.6 Å². The van der Waals surface area contributed by atoms with Crippen LogP contribution in [-0.4, -0.2) is 36.8 Å². The number of carbonyl (C=O) groups is 2. The lowest BCUT2D eigenvalue weighted by Crippen LogP contribution is -2.14. The van der Waals surface area contributed by atoms with Crippen LogP contribution in [0.1, 0.15) is 35.0 Å². The molecule has 4 N–H and O–H groups in total. The zero-order chi connectivity index (χ0) is 20.3. The summed E-state index contributed by atoms with van der Waals surface area (Å²) in [6.07, 6.45) is 2.71. The molecule has 0 bridgehead atoms. The summed E-state index contributed by atoms with van der Waals surface area (Å²) in [5, 5.41) is 8.90. The van der Waals surface area contributed by atoms with E-state index < -0.39 is 17.4 Å². The number of anilines is 1. The number of hydrogen-bond donors (Lipinski definition) is 3. The molecule has 9 heteroatoms. The molecule has 2 heterocycles. The minimum atomic E-state index is -0.988. The van der Waals surface area contributed by atoms with Crippen molar-refractivity contribution >= 4 is 28.9 Å². The second-order valence-corrected chi connectivity index (χ2v) is 6.55. The van der Waals surface area contributed by atoms with Gasteiger partial charge in [-0.1, -0.05) is 31.2 Å². The van der Waals surface area contributed by atoms with Gasteiger partial charge in [0.15, 0.2) is 16.9 Å². The van der Waals surface area contributed by atoms with Crippen LogP contribution in [0, 0.1) is 5.92 Å². The molecule has 0 saturated heterocycles. The first kappa shape index (κ1) is 19.2. The van der Waals surface area contributed by atoms with Crippen molar-refractivity contribution in [1.29, 1.82) is 0 Å². The molecule has 9 nitrogen and oxygen atoms in total. The molecule has 144 valence electrons. The summed E-state index contributed by atoms with van der Waals surface area (Å²) in [4.78, 5) is 49.6. The van der Waals surface area contributed by atoms with Crippen molar-refractivity contribution in [2.75, 3.05) is 5.73 Å². The number of aryl methyl sites for hydroxylation is 2. The van der Waals surface area contributed by atoms with Gasteiger partial charge in [-0.2, -0.15) is 4.98 Å². The summed E-state index contributed by atoms with van der Waals surface area (Å²) in [5.74, 6) is -1.91. The second-order valence-electron chi connectivity index (χ2n) is 6.55. The smallest absolute Gasteiger partial charge is 0.306 e. The number of carboxylic acid groups (broad SMARTS) is 1. The topological polar surface area (TPSA) is 152 Å². The molecule has 0 aliphatic rings. The first-order valence-corrected chi connectivity index (χ1v) is 8.70. The fourth-order valence-electron chi connectivity index (χ4n) is 2.70. The van der Waals surface area contributed by atoms with Crippen LogP contribution in [-0.2, 0) is 17.6 Å². The third-order valence-electron chi connectivity index (χ3n) is 4.34. The summed E-state index contributed by atoms with van der Waals surface area (Å²) >= 11 is 0. The van der Waals surface area contributed by atoms with E-state index in [9.17, 15) is 14.4 Å². The number of aromatic nitrogens is 4. The van der Waals surface area contributed by atoms with Gasteiger partial charge in [-0.3, -0.25) is 19.4 Å². The number of benzene rings is 1. The van der Waals surface area contributed by atoms with Crippen molar-refractivity contribution in [2.45, 2.75) is 26.2 Å². The van der Waals surface area contributed by atoms with Crippen LogP contribution in [0.15, 0.2) is 35.3 Å². The fourth-order valence-corrected chi connectivity index (χ4v) is 2.70.